The lowest BCUT2D eigenvalue weighted by Gasteiger charge is -2.32. The van der Waals surface area contributed by atoms with Crippen molar-refractivity contribution in [3.8, 4) is 0 Å². The average Bonchev–Trinajstić information content (AvgIpc) is 2.65. The molecule has 0 unspecified atom stereocenters. The molecule has 0 aliphatic carbocycles. The molecule has 4 heteroatoms. The topological polar surface area (TPSA) is 20.3 Å². The predicted molar refractivity (Wildman–Crippen MR) is 104 cm³/mol. The van der Waals surface area contributed by atoms with Crippen molar-refractivity contribution in [3.63, 3.8) is 0 Å². The molecule has 0 saturated carbocycles. The monoisotopic (exact) mass is 371 g/mol. The van der Waals surface area contributed by atoms with Crippen molar-refractivity contribution < 1.29 is 13.6 Å². The smallest absolute Gasteiger partial charge is 0.226 e. The minimum atomic E-state index is -0.814. The molecule has 1 fully saturated rings. The molecular formula is C23H27F2NO. The summed E-state index contributed by atoms with van der Waals surface area (Å²) in [7, 11) is 0. The molecule has 0 N–H and O–H groups in total. The van der Waals surface area contributed by atoms with Gasteiger partial charge in [-0.3, -0.25) is 4.79 Å². The van der Waals surface area contributed by atoms with Crippen LogP contribution in [0, 0.1) is 17.6 Å². The van der Waals surface area contributed by atoms with E-state index in [1.165, 1.54) is 17.7 Å². The summed E-state index contributed by atoms with van der Waals surface area (Å²) in [6, 6.07) is 12.4. The van der Waals surface area contributed by atoms with Gasteiger partial charge in [-0.15, -0.1) is 0 Å². The van der Waals surface area contributed by atoms with Gasteiger partial charge in [0, 0.05) is 13.1 Å². The van der Waals surface area contributed by atoms with Crippen molar-refractivity contribution in [3.05, 3.63) is 70.8 Å². The highest BCUT2D eigenvalue weighted by molar-refractivity contribution is 5.78. The number of piperidine rings is 1. The van der Waals surface area contributed by atoms with Crippen LogP contribution in [0.2, 0.25) is 0 Å². The van der Waals surface area contributed by atoms with E-state index in [1.54, 1.807) is 6.07 Å². The first-order chi connectivity index (χ1) is 12.9. The average molecular weight is 371 g/mol. The molecular weight excluding hydrogens is 344 g/mol. The number of nitrogens with zero attached hydrogens (tertiary/aromatic N) is 1. The zero-order valence-electron chi connectivity index (χ0n) is 16.1. The summed E-state index contributed by atoms with van der Waals surface area (Å²) in [6.07, 6.45) is 3.03. The third-order valence-corrected chi connectivity index (χ3v) is 5.28. The standard InChI is InChI=1S/C23H27F2NO/c1-16(2)13-17-3-5-18(6-4-17)14-23(27)26-11-9-19(10-12-26)20-7-8-21(24)22(25)15-20/h3-8,15-16,19H,9-14H2,1-2H3. The molecule has 1 aliphatic rings. The lowest BCUT2D eigenvalue weighted by atomic mass is 9.89. The van der Waals surface area contributed by atoms with E-state index < -0.39 is 11.6 Å². The van der Waals surface area contributed by atoms with E-state index in [1.807, 2.05) is 17.0 Å². The van der Waals surface area contributed by atoms with Gasteiger partial charge in [0.05, 0.1) is 6.42 Å². The normalized spacial score (nSPS) is 15.4. The first-order valence-electron chi connectivity index (χ1n) is 9.73. The minimum absolute atomic E-state index is 0.135. The van der Waals surface area contributed by atoms with E-state index in [-0.39, 0.29) is 11.8 Å². The van der Waals surface area contributed by atoms with E-state index in [0.29, 0.717) is 25.4 Å². The van der Waals surface area contributed by atoms with E-state index in [0.717, 1.165) is 30.4 Å². The maximum absolute atomic E-state index is 13.4. The number of amides is 1. The summed E-state index contributed by atoms with van der Waals surface area (Å²) in [4.78, 5) is 14.5. The fourth-order valence-electron chi connectivity index (χ4n) is 3.78. The Balaban J connectivity index is 1.53. The molecule has 27 heavy (non-hydrogen) atoms. The van der Waals surface area contributed by atoms with Gasteiger partial charge in [-0.05, 0) is 59.9 Å². The molecule has 0 bridgehead atoms. The number of benzene rings is 2. The first-order valence-corrected chi connectivity index (χ1v) is 9.73. The SMILES string of the molecule is CC(C)Cc1ccc(CC(=O)N2CCC(c3ccc(F)c(F)c3)CC2)cc1. The molecule has 0 spiro atoms. The number of likely N-dealkylation sites (tertiary alicyclic amines) is 1. The predicted octanol–water partition coefficient (Wildman–Crippen LogP) is 5.11. The second-order valence-electron chi connectivity index (χ2n) is 7.92. The quantitative estimate of drug-likeness (QED) is 0.715. The Morgan fingerprint density at radius 2 is 1.63 bits per heavy atom. The fourth-order valence-corrected chi connectivity index (χ4v) is 3.78. The number of carbonyl (C=O) groups is 1. The van der Waals surface area contributed by atoms with Crippen LogP contribution in [0.3, 0.4) is 0 Å². The number of halogens is 2. The van der Waals surface area contributed by atoms with Crippen molar-refractivity contribution in [2.45, 2.75) is 45.4 Å². The first kappa shape index (κ1) is 19.5. The van der Waals surface area contributed by atoms with E-state index in [4.69, 9.17) is 0 Å². The Bertz CT molecular complexity index is 777. The van der Waals surface area contributed by atoms with Crippen LogP contribution in [0.15, 0.2) is 42.5 Å². The van der Waals surface area contributed by atoms with Gasteiger partial charge in [-0.25, -0.2) is 8.78 Å². The highest BCUT2D eigenvalue weighted by Gasteiger charge is 2.24. The third-order valence-electron chi connectivity index (χ3n) is 5.28. The molecule has 0 aromatic heterocycles. The van der Waals surface area contributed by atoms with Gasteiger partial charge in [-0.1, -0.05) is 44.2 Å². The van der Waals surface area contributed by atoms with Crippen LogP contribution in [-0.4, -0.2) is 23.9 Å². The summed E-state index contributed by atoms with van der Waals surface area (Å²) < 4.78 is 26.5. The van der Waals surface area contributed by atoms with Crippen molar-refractivity contribution in [2.24, 2.45) is 5.92 Å². The van der Waals surface area contributed by atoms with Gasteiger partial charge >= 0.3 is 0 Å². The molecule has 2 aromatic carbocycles. The van der Waals surface area contributed by atoms with Crippen LogP contribution in [-0.2, 0) is 17.6 Å². The molecule has 1 heterocycles. The summed E-state index contributed by atoms with van der Waals surface area (Å²) in [6.45, 7) is 5.71. The molecule has 2 aromatic rings. The Morgan fingerprint density at radius 3 is 2.22 bits per heavy atom. The van der Waals surface area contributed by atoms with Gasteiger partial charge in [0.1, 0.15) is 0 Å². The maximum Gasteiger partial charge on any atom is 0.226 e. The minimum Gasteiger partial charge on any atom is -0.342 e. The van der Waals surface area contributed by atoms with Gasteiger partial charge < -0.3 is 4.90 Å². The van der Waals surface area contributed by atoms with Gasteiger partial charge in [-0.2, -0.15) is 0 Å². The number of rotatable bonds is 5. The largest absolute Gasteiger partial charge is 0.342 e. The van der Waals surface area contributed by atoms with E-state index in [9.17, 15) is 13.6 Å². The van der Waals surface area contributed by atoms with Crippen LogP contribution in [0.4, 0.5) is 8.78 Å². The highest BCUT2D eigenvalue weighted by Crippen LogP contribution is 2.29. The van der Waals surface area contributed by atoms with Gasteiger partial charge in [0.25, 0.3) is 0 Å². The number of hydrogen-bond donors (Lipinski definition) is 0. The van der Waals surface area contributed by atoms with Crippen LogP contribution >= 0.6 is 0 Å². The Labute approximate surface area is 160 Å². The molecule has 1 aliphatic heterocycles. The lowest BCUT2D eigenvalue weighted by molar-refractivity contribution is -0.131. The molecule has 2 nitrogen and oxygen atoms in total. The summed E-state index contributed by atoms with van der Waals surface area (Å²) >= 11 is 0. The third kappa shape index (κ3) is 5.15. The summed E-state index contributed by atoms with van der Waals surface area (Å²) in [5.74, 6) is -0.680. The lowest BCUT2D eigenvalue weighted by Crippen LogP contribution is -2.38. The number of carbonyl (C=O) groups excluding carboxylic acids is 1. The van der Waals surface area contributed by atoms with Gasteiger partial charge in [0.2, 0.25) is 5.91 Å². The molecule has 0 radical (unpaired) electrons. The zero-order valence-corrected chi connectivity index (χ0v) is 16.1. The molecule has 3 rings (SSSR count). The second kappa shape index (κ2) is 8.64. The van der Waals surface area contributed by atoms with Crippen molar-refractivity contribution in [2.75, 3.05) is 13.1 Å². The van der Waals surface area contributed by atoms with E-state index in [2.05, 4.69) is 26.0 Å². The zero-order chi connectivity index (χ0) is 19.4. The highest BCUT2D eigenvalue weighted by atomic mass is 19.2. The van der Waals surface area contributed by atoms with E-state index >= 15 is 0 Å². The van der Waals surface area contributed by atoms with Gasteiger partial charge in [0.15, 0.2) is 11.6 Å². The van der Waals surface area contributed by atoms with Crippen molar-refractivity contribution in [1.29, 1.82) is 0 Å². The molecule has 144 valence electrons. The second-order valence-corrected chi connectivity index (χ2v) is 7.92. The van der Waals surface area contributed by atoms with Crippen molar-refractivity contribution >= 4 is 5.91 Å². The van der Waals surface area contributed by atoms with Crippen LogP contribution in [0.5, 0.6) is 0 Å². The summed E-state index contributed by atoms with van der Waals surface area (Å²) in [5, 5.41) is 0. The molecule has 0 atom stereocenters. The number of hydrogen-bond acceptors (Lipinski definition) is 1. The Morgan fingerprint density at radius 1 is 1.00 bits per heavy atom. The fraction of sp³-hybridized carbons (Fsp3) is 0.435. The van der Waals surface area contributed by atoms with Crippen molar-refractivity contribution in [1.82, 2.24) is 4.90 Å². The Kier molecular flexibility index (Phi) is 6.25. The molecule has 1 amide bonds. The summed E-state index contributed by atoms with van der Waals surface area (Å²) in [5.41, 5.74) is 3.16. The Hall–Kier alpha value is -2.23. The maximum atomic E-state index is 13.4. The molecule has 1 saturated heterocycles. The van der Waals surface area contributed by atoms with Crippen LogP contribution in [0.1, 0.15) is 49.3 Å². The van der Waals surface area contributed by atoms with Crippen LogP contribution in [0.25, 0.3) is 0 Å². The van der Waals surface area contributed by atoms with Crippen LogP contribution < -0.4 is 0 Å².